The maximum atomic E-state index is 12.5. The molecule has 1 amide bonds. The van der Waals surface area contributed by atoms with Crippen molar-refractivity contribution in [1.82, 2.24) is 0 Å². The van der Waals surface area contributed by atoms with Gasteiger partial charge in [0.25, 0.3) is 0 Å². The van der Waals surface area contributed by atoms with Crippen molar-refractivity contribution in [3.8, 4) is 0 Å². The molecule has 0 aromatic heterocycles. The molecule has 0 unspecified atom stereocenters. The Morgan fingerprint density at radius 1 is 1.05 bits per heavy atom. The molecule has 2 aromatic carbocycles. The van der Waals surface area contributed by atoms with Crippen LogP contribution in [0.5, 0.6) is 0 Å². The van der Waals surface area contributed by atoms with Crippen molar-refractivity contribution in [3.63, 3.8) is 0 Å². The molecule has 0 spiro atoms. The van der Waals surface area contributed by atoms with Gasteiger partial charge in [-0.25, -0.2) is 4.79 Å². The van der Waals surface area contributed by atoms with Crippen molar-refractivity contribution in [2.75, 3.05) is 11.9 Å². The monoisotopic (exact) mass is 281 g/mol. The average molecular weight is 281 g/mol. The van der Waals surface area contributed by atoms with Crippen molar-refractivity contribution in [1.29, 1.82) is 0 Å². The van der Waals surface area contributed by atoms with E-state index >= 15 is 0 Å². The second kappa shape index (κ2) is 7.05. The third-order valence-electron chi connectivity index (χ3n) is 2.78. The molecule has 0 bridgehead atoms. The number of para-hydroxylation sites is 1. The molecular weight excluding hydrogens is 266 g/mol. The third-order valence-corrected chi connectivity index (χ3v) is 2.78. The van der Waals surface area contributed by atoms with Crippen LogP contribution in [0.3, 0.4) is 0 Å². The number of hydrogen-bond donors (Lipinski definition) is 1. The van der Waals surface area contributed by atoms with Gasteiger partial charge in [0.15, 0.2) is 5.78 Å². The number of ether oxygens (including phenoxy) is 1. The normalized spacial score (nSPS) is 9.71. The van der Waals surface area contributed by atoms with Crippen LogP contribution in [0.15, 0.2) is 67.3 Å². The van der Waals surface area contributed by atoms with Gasteiger partial charge in [-0.05, 0) is 12.1 Å². The number of hydrogen-bond acceptors (Lipinski definition) is 3. The van der Waals surface area contributed by atoms with Gasteiger partial charge in [-0.3, -0.25) is 10.1 Å². The summed E-state index contributed by atoms with van der Waals surface area (Å²) in [4.78, 5) is 24.0. The molecule has 0 saturated heterocycles. The number of ketones is 1. The number of rotatable bonds is 5. The van der Waals surface area contributed by atoms with E-state index in [0.717, 1.165) is 0 Å². The highest BCUT2D eigenvalue weighted by Gasteiger charge is 2.14. The molecule has 0 heterocycles. The maximum Gasteiger partial charge on any atom is 0.411 e. The lowest BCUT2D eigenvalue weighted by atomic mass is 10.0. The molecule has 0 radical (unpaired) electrons. The molecular formula is C17H15NO3. The van der Waals surface area contributed by atoms with Gasteiger partial charge >= 0.3 is 6.09 Å². The molecule has 2 rings (SSSR count). The van der Waals surface area contributed by atoms with Gasteiger partial charge < -0.3 is 4.74 Å². The van der Waals surface area contributed by atoms with E-state index < -0.39 is 6.09 Å². The molecule has 4 heteroatoms. The maximum absolute atomic E-state index is 12.5. The topological polar surface area (TPSA) is 55.4 Å². The lowest BCUT2D eigenvalue weighted by Gasteiger charge is -2.10. The summed E-state index contributed by atoms with van der Waals surface area (Å²) in [7, 11) is 0. The lowest BCUT2D eigenvalue weighted by molar-refractivity contribution is 0.103. The predicted octanol–water partition coefficient (Wildman–Crippen LogP) is 3.65. The average Bonchev–Trinajstić information content (AvgIpc) is 2.53. The van der Waals surface area contributed by atoms with Gasteiger partial charge in [0.2, 0.25) is 0 Å². The van der Waals surface area contributed by atoms with Crippen LogP contribution >= 0.6 is 0 Å². The minimum Gasteiger partial charge on any atom is -0.445 e. The van der Waals surface area contributed by atoms with Crippen molar-refractivity contribution >= 4 is 17.6 Å². The first-order chi connectivity index (χ1) is 10.2. The molecule has 0 aliphatic carbocycles. The molecule has 0 aliphatic rings. The van der Waals surface area contributed by atoms with Gasteiger partial charge in [0.1, 0.15) is 6.61 Å². The molecule has 4 nitrogen and oxygen atoms in total. The van der Waals surface area contributed by atoms with Crippen molar-refractivity contribution in [2.45, 2.75) is 0 Å². The number of anilines is 1. The van der Waals surface area contributed by atoms with Crippen LogP contribution in [0.4, 0.5) is 10.5 Å². The Balaban J connectivity index is 2.23. The number of nitrogens with one attached hydrogen (secondary N) is 1. The summed E-state index contributed by atoms with van der Waals surface area (Å²) in [5.41, 5.74) is 1.39. The summed E-state index contributed by atoms with van der Waals surface area (Å²) >= 11 is 0. The van der Waals surface area contributed by atoms with E-state index in [1.165, 1.54) is 6.08 Å². The summed E-state index contributed by atoms with van der Waals surface area (Å²) in [5, 5.41) is 2.57. The highest BCUT2D eigenvalue weighted by Crippen LogP contribution is 2.19. The first-order valence-corrected chi connectivity index (χ1v) is 6.46. The summed E-state index contributed by atoms with van der Waals surface area (Å²) in [6.45, 7) is 3.58. The SMILES string of the molecule is C=CCOC(=O)Nc1ccccc1C(=O)c1ccccc1. The van der Waals surface area contributed by atoms with Crippen molar-refractivity contribution < 1.29 is 14.3 Å². The van der Waals surface area contributed by atoms with Crippen LogP contribution < -0.4 is 5.32 Å². The fourth-order valence-corrected chi connectivity index (χ4v) is 1.82. The molecule has 0 saturated carbocycles. The van der Waals surface area contributed by atoms with Crippen LogP contribution in [-0.4, -0.2) is 18.5 Å². The number of amides is 1. The Bertz CT molecular complexity index is 650. The van der Waals surface area contributed by atoms with Gasteiger partial charge in [0.05, 0.1) is 5.69 Å². The minimum absolute atomic E-state index is 0.112. The van der Waals surface area contributed by atoms with Crippen LogP contribution in [0, 0.1) is 0 Å². The van der Waals surface area contributed by atoms with Gasteiger partial charge in [-0.15, -0.1) is 0 Å². The zero-order valence-corrected chi connectivity index (χ0v) is 11.4. The van der Waals surface area contributed by atoms with Crippen LogP contribution in [-0.2, 0) is 4.74 Å². The first kappa shape index (κ1) is 14.5. The van der Waals surface area contributed by atoms with E-state index in [1.807, 2.05) is 6.07 Å². The third kappa shape index (κ3) is 3.79. The lowest BCUT2D eigenvalue weighted by Crippen LogP contribution is -2.16. The van der Waals surface area contributed by atoms with Crippen LogP contribution in [0.25, 0.3) is 0 Å². The summed E-state index contributed by atoms with van der Waals surface area (Å²) in [6.07, 6.45) is 0.851. The quantitative estimate of drug-likeness (QED) is 0.672. The van der Waals surface area contributed by atoms with Crippen LogP contribution in [0.2, 0.25) is 0 Å². The Morgan fingerprint density at radius 3 is 2.43 bits per heavy atom. The van der Waals surface area contributed by atoms with E-state index in [9.17, 15) is 9.59 Å². The van der Waals surface area contributed by atoms with E-state index in [0.29, 0.717) is 16.8 Å². The zero-order valence-electron chi connectivity index (χ0n) is 11.4. The molecule has 0 atom stereocenters. The summed E-state index contributed by atoms with van der Waals surface area (Å²) in [5.74, 6) is -0.157. The van der Waals surface area contributed by atoms with Crippen LogP contribution in [0.1, 0.15) is 15.9 Å². The molecule has 1 N–H and O–H groups in total. The van der Waals surface area contributed by atoms with E-state index in [-0.39, 0.29) is 12.4 Å². The number of carbonyl (C=O) groups is 2. The molecule has 21 heavy (non-hydrogen) atoms. The minimum atomic E-state index is -0.622. The first-order valence-electron chi connectivity index (χ1n) is 6.46. The summed E-state index contributed by atoms with van der Waals surface area (Å²) in [6, 6.07) is 15.7. The van der Waals surface area contributed by atoms with Crippen molar-refractivity contribution in [2.24, 2.45) is 0 Å². The highest BCUT2D eigenvalue weighted by atomic mass is 16.5. The summed E-state index contributed by atoms with van der Waals surface area (Å²) < 4.78 is 4.86. The van der Waals surface area contributed by atoms with Crippen molar-refractivity contribution in [3.05, 3.63) is 78.4 Å². The highest BCUT2D eigenvalue weighted by molar-refractivity contribution is 6.13. The molecule has 0 fully saturated rings. The fourth-order valence-electron chi connectivity index (χ4n) is 1.82. The Hall–Kier alpha value is -2.88. The Morgan fingerprint density at radius 2 is 1.71 bits per heavy atom. The molecule has 2 aromatic rings. The molecule has 0 aliphatic heterocycles. The van der Waals surface area contributed by atoms with Gasteiger partial charge in [-0.2, -0.15) is 0 Å². The second-order valence-electron chi connectivity index (χ2n) is 4.25. The van der Waals surface area contributed by atoms with E-state index in [4.69, 9.17) is 4.74 Å². The van der Waals surface area contributed by atoms with E-state index in [1.54, 1.807) is 48.5 Å². The standard InChI is InChI=1S/C17H15NO3/c1-2-12-21-17(20)18-15-11-7-6-10-14(15)16(19)13-8-4-3-5-9-13/h2-11H,1,12H2,(H,18,20). The Labute approximate surface area is 123 Å². The largest absolute Gasteiger partial charge is 0.445 e. The number of carbonyl (C=O) groups excluding carboxylic acids is 2. The van der Waals surface area contributed by atoms with Gasteiger partial charge in [0, 0.05) is 11.1 Å². The number of benzene rings is 2. The zero-order chi connectivity index (χ0) is 15.1. The molecule has 106 valence electrons. The smallest absolute Gasteiger partial charge is 0.411 e. The van der Waals surface area contributed by atoms with Gasteiger partial charge in [-0.1, -0.05) is 55.1 Å². The second-order valence-corrected chi connectivity index (χ2v) is 4.25. The fraction of sp³-hybridized carbons (Fsp3) is 0.0588. The Kier molecular flexibility index (Phi) is 4.88. The van der Waals surface area contributed by atoms with E-state index in [2.05, 4.69) is 11.9 Å². The predicted molar refractivity (Wildman–Crippen MR) is 81.5 cm³/mol.